The predicted molar refractivity (Wildman–Crippen MR) is 64.3 cm³/mol. The number of hydrogen-bond acceptors (Lipinski definition) is 4. The van der Waals surface area contributed by atoms with Crippen molar-refractivity contribution >= 4 is 22.3 Å². The number of anilines is 2. The fourth-order valence-corrected chi connectivity index (χ4v) is 1.95. The predicted octanol–water partition coefficient (Wildman–Crippen LogP) is 0.571. The number of rotatable bonds is 5. The standard InChI is InChI=1S/C9H18N4OS/c1-7(4-5-15(3)14)11-9-8(10)6-13(2)12-9/h6-7H,4-5,10H2,1-3H3,(H,11,12). The van der Waals surface area contributed by atoms with E-state index in [-0.39, 0.29) is 6.04 Å². The van der Waals surface area contributed by atoms with Gasteiger partial charge in [-0.15, -0.1) is 0 Å². The van der Waals surface area contributed by atoms with Gasteiger partial charge in [0.1, 0.15) is 0 Å². The number of nitrogens with two attached hydrogens (primary N) is 1. The molecule has 86 valence electrons. The minimum atomic E-state index is -0.741. The molecule has 0 aliphatic rings. The highest BCUT2D eigenvalue weighted by Crippen LogP contribution is 2.15. The fraction of sp³-hybridized carbons (Fsp3) is 0.667. The second-order valence-corrected chi connectivity index (χ2v) is 5.27. The molecule has 0 spiro atoms. The van der Waals surface area contributed by atoms with Crippen LogP contribution in [0.1, 0.15) is 13.3 Å². The summed E-state index contributed by atoms with van der Waals surface area (Å²) in [5, 5.41) is 7.38. The number of aromatic nitrogens is 2. The minimum Gasteiger partial charge on any atom is -0.394 e. The number of nitrogen functional groups attached to an aromatic ring is 1. The smallest absolute Gasteiger partial charge is 0.171 e. The van der Waals surface area contributed by atoms with E-state index in [0.29, 0.717) is 17.3 Å². The normalized spacial score (nSPS) is 14.9. The Labute approximate surface area is 92.5 Å². The van der Waals surface area contributed by atoms with Crippen LogP contribution in [0, 0.1) is 0 Å². The lowest BCUT2D eigenvalue weighted by molar-refractivity contribution is 0.677. The Morgan fingerprint density at radius 3 is 2.87 bits per heavy atom. The summed E-state index contributed by atoms with van der Waals surface area (Å²) in [6.45, 7) is 2.03. The molecule has 0 aliphatic heterocycles. The van der Waals surface area contributed by atoms with Crippen molar-refractivity contribution in [1.82, 2.24) is 9.78 Å². The molecular formula is C9H18N4OS. The molecule has 1 heterocycles. The van der Waals surface area contributed by atoms with Crippen molar-refractivity contribution in [2.45, 2.75) is 19.4 Å². The van der Waals surface area contributed by atoms with Crippen LogP contribution < -0.4 is 11.1 Å². The lowest BCUT2D eigenvalue weighted by Crippen LogP contribution is -2.18. The second-order valence-electron chi connectivity index (χ2n) is 3.72. The summed E-state index contributed by atoms with van der Waals surface area (Å²) in [6.07, 6.45) is 4.31. The molecule has 0 fully saturated rings. The van der Waals surface area contributed by atoms with Crippen molar-refractivity contribution in [3.05, 3.63) is 6.20 Å². The summed E-state index contributed by atoms with van der Waals surface area (Å²) < 4.78 is 12.6. The third-order valence-corrected chi connectivity index (χ3v) is 2.89. The van der Waals surface area contributed by atoms with Gasteiger partial charge in [-0.05, 0) is 13.3 Å². The Morgan fingerprint density at radius 1 is 1.73 bits per heavy atom. The SMILES string of the molecule is CC(CCS(C)=O)Nc1nn(C)cc1N. The van der Waals surface area contributed by atoms with Gasteiger partial charge in [0.25, 0.3) is 0 Å². The van der Waals surface area contributed by atoms with E-state index in [1.54, 1.807) is 17.1 Å². The number of hydrogen-bond donors (Lipinski definition) is 2. The maximum Gasteiger partial charge on any atom is 0.171 e. The monoisotopic (exact) mass is 230 g/mol. The molecule has 1 rings (SSSR count). The average molecular weight is 230 g/mol. The molecule has 0 aliphatic carbocycles. The average Bonchev–Trinajstić information content (AvgIpc) is 2.42. The van der Waals surface area contributed by atoms with Gasteiger partial charge in [-0.25, -0.2) is 0 Å². The molecule has 2 atom stereocenters. The first-order valence-corrected chi connectivity index (χ1v) is 6.57. The molecule has 1 aromatic rings. The van der Waals surface area contributed by atoms with Gasteiger partial charge in [0, 0.05) is 42.1 Å². The highest BCUT2D eigenvalue weighted by atomic mass is 32.2. The van der Waals surface area contributed by atoms with Gasteiger partial charge in [-0.2, -0.15) is 5.10 Å². The van der Waals surface area contributed by atoms with Crippen molar-refractivity contribution in [3.8, 4) is 0 Å². The molecule has 1 aromatic heterocycles. The van der Waals surface area contributed by atoms with Gasteiger partial charge < -0.3 is 11.1 Å². The highest BCUT2D eigenvalue weighted by Gasteiger charge is 2.08. The first-order chi connectivity index (χ1) is 6.99. The zero-order valence-electron chi connectivity index (χ0n) is 9.36. The first kappa shape index (κ1) is 12.0. The van der Waals surface area contributed by atoms with E-state index >= 15 is 0 Å². The summed E-state index contributed by atoms with van der Waals surface area (Å²) >= 11 is 0. The molecule has 0 bridgehead atoms. The molecule has 6 heteroatoms. The summed E-state index contributed by atoms with van der Waals surface area (Å²) in [5.74, 6) is 1.40. The molecule has 2 unspecified atom stereocenters. The summed E-state index contributed by atoms with van der Waals surface area (Å²) in [4.78, 5) is 0. The molecule has 5 nitrogen and oxygen atoms in total. The molecule has 0 saturated heterocycles. The zero-order valence-corrected chi connectivity index (χ0v) is 10.2. The Bertz CT molecular complexity index is 350. The van der Waals surface area contributed by atoms with Crippen molar-refractivity contribution in [1.29, 1.82) is 0 Å². The summed E-state index contributed by atoms with van der Waals surface area (Å²) in [5.41, 5.74) is 6.38. The van der Waals surface area contributed by atoms with Crippen LogP contribution in [0.5, 0.6) is 0 Å². The van der Waals surface area contributed by atoms with Crippen molar-refractivity contribution in [3.63, 3.8) is 0 Å². The Morgan fingerprint density at radius 2 is 2.40 bits per heavy atom. The fourth-order valence-electron chi connectivity index (χ4n) is 1.27. The zero-order chi connectivity index (χ0) is 11.4. The van der Waals surface area contributed by atoms with Crippen LogP contribution in [0.15, 0.2) is 6.20 Å². The lowest BCUT2D eigenvalue weighted by Gasteiger charge is -2.12. The molecular weight excluding hydrogens is 212 g/mol. The van der Waals surface area contributed by atoms with Crippen LogP contribution in [0.3, 0.4) is 0 Å². The highest BCUT2D eigenvalue weighted by molar-refractivity contribution is 7.84. The van der Waals surface area contributed by atoms with Crippen molar-refractivity contribution < 1.29 is 4.21 Å². The van der Waals surface area contributed by atoms with Gasteiger partial charge in [0.15, 0.2) is 5.82 Å². The van der Waals surface area contributed by atoms with E-state index in [0.717, 1.165) is 6.42 Å². The van der Waals surface area contributed by atoms with Crippen LogP contribution in [0.25, 0.3) is 0 Å². The van der Waals surface area contributed by atoms with Gasteiger partial charge >= 0.3 is 0 Å². The van der Waals surface area contributed by atoms with Crippen LogP contribution in [-0.4, -0.2) is 32.0 Å². The third-order valence-electron chi connectivity index (χ3n) is 2.08. The molecule has 0 saturated carbocycles. The van der Waals surface area contributed by atoms with Crippen molar-refractivity contribution in [2.75, 3.05) is 23.1 Å². The minimum absolute atomic E-state index is 0.228. The van der Waals surface area contributed by atoms with Crippen LogP contribution in [0.4, 0.5) is 11.5 Å². The summed E-state index contributed by atoms with van der Waals surface area (Å²) in [7, 11) is 1.09. The summed E-state index contributed by atoms with van der Waals surface area (Å²) in [6, 6.07) is 0.228. The maximum absolute atomic E-state index is 10.9. The van der Waals surface area contributed by atoms with Crippen LogP contribution in [0.2, 0.25) is 0 Å². The van der Waals surface area contributed by atoms with E-state index in [9.17, 15) is 4.21 Å². The van der Waals surface area contributed by atoms with Crippen LogP contribution in [-0.2, 0) is 17.8 Å². The van der Waals surface area contributed by atoms with Crippen molar-refractivity contribution in [2.24, 2.45) is 7.05 Å². The van der Waals surface area contributed by atoms with Gasteiger partial charge in [-0.1, -0.05) is 0 Å². The quantitative estimate of drug-likeness (QED) is 0.775. The molecule has 3 N–H and O–H groups in total. The van der Waals surface area contributed by atoms with E-state index in [4.69, 9.17) is 5.73 Å². The Balaban J connectivity index is 2.47. The van der Waals surface area contributed by atoms with E-state index in [1.165, 1.54) is 0 Å². The first-order valence-electron chi connectivity index (χ1n) is 4.84. The van der Waals surface area contributed by atoms with Gasteiger partial charge in [0.2, 0.25) is 0 Å². The molecule has 15 heavy (non-hydrogen) atoms. The van der Waals surface area contributed by atoms with E-state index in [1.807, 2.05) is 14.0 Å². The lowest BCUT2D eigenvalue weighted by atomic mass is 10.2. The Hall–Kier alpha value is -1.04. The number of nitrogens with one attached hydrogen (secondary N) is 1. The van der Waals surface area contributed by atoms with Crippen LogP contribution >= 0.6 is 0 Å². The number of aryl methyl sites for hydroxylation is 1. The number of nitrogens with zero attached hydrogens (tertiary/aromatic N) is 2. The van der Waals surface area contributed by atoms with E-state index in [2.05, 4.69) is 10.4 Å². The topological polar surface area (TPSA) is 72.9 Å². The molecule has 0 amide bonds. The Kier molecular flexibility index (Phi) is 4.14. The van der Waals surface area contributed by atoms with Gasteiger partial charge in [-0.3, -0.25) is 8.89 Å². The second kappa shape index (κ2) is 5.16. The molecule has 0 aromatic carbocycles. The van der Waals surface area contributed by atoms with E-state index < -0.39 is 10.8 Å². The third kappa shape index (κ3) is 3.91. The van der Waals surface area contributed by atoms with Gasteiger partial charge in [0.05, 0.1) is 5.69 Å². The largest absolute Gasteiger partial charge is 0.394 e. The maximum atomic E-state index is 10.9. The molecule has 0 radical (unpaired) electrons.